The molecule has 0 aromatic heterocycles. The fourth-order valence-electron chi connectivity index (χ4n) is 1.60. The van der Waals surface area contributed by atoms with Gasteiger partial charge in [0.05, 0.1) is 5.56 Å². The lowest BCUT2D eigenvalue weighted by Crippen LogP contribution is -2.05. The van der Waals surface area contributed by atoms with Gasteiger partial charge in [-0.2, -0.15) is 0 Å². The molecule has 0 heterocycles. The van der Waals surface area contributed by atoms with Crippen molar-refractivity contribution < 1.29 is 23.4 Å². The molecule has 0 saturated carbocycles. The molecule has 0 amide bonds. The van der Waals surface area contributed by atoms with Crippen molar-refractivity contribution >= 4 is 17.6 Å². The summed E-state index contributed by atoms with van der Waals surface area (Å²) in [6.45, 7) is -0.0934. The molecule has 0 spiro atoms. The zero-order chi connectivity index (χ0) is 14.7. The minimum Gasteiger partial charge on any atom is -0.489 e. The second-order valence-corrected chi connectivity index (χ2v) is 4.41. The number of aromatic carboxylic acids is 1. The normalized spacial score (nSPS) is 10.3. The van der Waals surface area contributed by atoms with E-state index in [9.17, 15) is 13.6 Å². The summed E-state index contributed by atoms with van der Waals surface area (Å²) in [5.74, 6) is -3.04. The summed E-state index contributed by atoms with van der Waals surface area (Å²) in [6.07, 6.45) is 0. The Bertz CT molecular complexity index is 659. The molecule has 1 N–H and O–H groups in total. The Balaban J connectivity index is 2.18. The lowest BCUT2D eigenvalue weighted by Gasteiger charge is -2.09. The topological polar surface area (TPSA) is 46.5 Å². The molecule has 3 nitrogen and oxygen atoms in total. The van der Waals surface area contributed by atoms with Gasteiger partial charge in [-0.1, -0.05) is 17.7 Å². The van der Waals surface area contributed by atoms with Gasteiger partial charge in [-0.15, -0.1) is 0 Å². The predicted octanol–water partition coefficient (Wildman–Crippen LogP) is 3.90. The first kappa shape index (κ1) is 14.3. The van der Waals surface area contributed by atoms with Crippen LogP contribution in [0, 0.1) is 11.6 Å². The molecule has 0 radical (unpaired) electrons. The van der Waals surface area contributed by atoms with Crippen LogP contribution in [-0.2, 0) is 6.61 Å². The van der Waals surface area contributed by atoms with Gasteiger partial charge in [-0.05, 0) is 24.3 Å². The van der Waals surface area contributed by atoms with Crippen LogP contribution in [0.5, 0.6) is 5.75 Å². The largest absolute Gasteiger partial charge is 0.489 e. The van der Waals surface area contributed by atoms with Gasteiger partial charge in [0.15, 0.2) is 11.6 Å². The summed E-state index contributed by atoms with van der Waals surface area (Å²) in [4.78, 5) is 11.1. The molecule has 0 aliphatic heterocycles. The van der Waals surface area contributed by atoms with Crippen molar-refractivity contribution in [1.82, 2.24) is 0 Å². The molecule has 20 heavy (non-hydrogen) atoms. The summed E-state index contributed by atoms with van der Waals surface area (Å²) in [7, 11) is 0. The number of carbonyl (C=O) groups is 1. The van der Waals surface area contributed by atoms with Gasteiger partial charge in [0.1, 0.15) is 12.4 Å². The molecule has 2 aromatic rings. The maximum atomic E-state index is 13.0. The Morgan fingerprint density at radius 3 is 2.55 bits per heavy atom. The molecule has 0 atom stereocenters. The molecule has 6 heteroatoms. The molecule has 0 bridgehead atoms. The summed E-state index contributed by atoms with van der Waals surface area (Å²) < 4.78 is 31.0. The van der Waals surface area contributed by atoms with Crippen molar-refractivity contribution in [2.24, 2.45) is 0 Å². The quantitative estimate of drug-likeness (QED) is 0.931. The van der Waals surface area contributed by atoms with E-state index in [4.69, 9.17) is 21.4 Å². The van der Waals surface area contributed by atoms with E-state index >= 15 is 0 Å². The van der Waals surface area contributed by atoms with E-state index in [-0.39, 0.29) is 17.9 Å². The van der Waals surface area contributed by atoms with Crippen molar-refractivity contribution in [1.29, 1.82) is 0 Å². The first-order valence-corrected chi connectivity index (χ1v) is 5.95. The maximum Gasteiger partial charge on any atom is 0.336 e. The Morgan fingerprint density at radius 2 is 1.90 bits per heavy atom. The molecule has 0 aliphatic carbocycles. The zero-order valence-corrected chi connectivity index (χ0v) is 10.8. The maximum absolute atomic E-state index is 13.0. The molecule has 0 saturated heterocycles. The van der Waals surface area contributed by atoms with Crippen LogP contribution in [0.3, 0.4) is 0 Å². The van der Waals surface area contributed by atoms with Crippen LogP contribution < -0.4 is 4.74 Å². The number of halogens is 3. The highest BCUT2D eigenvalue weighted by atomic mass is 35.5. The van der Waals surface area contributed by atoms with E-state index in [2.05, 4.69) is 0 Å². The summed E-state index contributed by atoms with van der Waals surface area (Å²) in [5, 5.41) is 9.33. The first-order chi connectivity index (χ1) is 9.47. The SMILES string of the molecule is O=C(O)c1cc(Cl)ccc1COc1ccc(F)c(F)c1. The average molecular weight is 299 g/mol. The van der Waals surface area contributed by atoms with E-state index in [1.54, 1.807) is 0 Å². The predicted molar refractivity (Wildman–Crippen MR) is 69.1 cm³/mol. The van der Waals surface area contributed by atoms with E-state index in [0.29, 0.717) is 10.6 Å². The van der Waals surface area contributed by atoms with Crippen molar-refractivity contribution in [2.75, 3.05) is 0 Å². The number of carboxylic acids is 1. The van der Waals surface area contributed by atoms with E-state index in [1.807, 2.05) is 0 Å². The third-order valence-electron chi connectivity index (χ3n) is 2.59. The van der Waals surface area contributed by atoms with Gasteiger partial charge >= 0.3 is 5.97 Å². The Kier molecular flexibility index (Phi) is 4.20. The Labute approximate surface area is 118 Å². The molecule has 0 fully saturated rings. The molecular weight excluding hydrogens is 290 g/mol. The van der Waals surface area contributed by atoms with Crippen molar-refractivity contribution in [2.45, 2.75) is 6.61 Å². The van der Waals surface area contributed by atoms with Crippen molar-refractivity contribution in [3.05, 3.63) is 64.2 Å². The van der Waals surface area contributed by atoms with Gasteiger partial charge in [0.25, 0.3) is 0 Å². The van der Waals surface area contributed by atoms with Crippen LogP contribution in [0.4, 0.5) is 8.78 Å². The van der Waals surface area contributed by atoms with Crippen LogP contribution in [0.15, 0.2) is 36.4 Å². The van der Waals surface area contributed by atoms with E-state index < -0.39 is 17.6 Å². The lowest BCUT2D eigenvalue weighted by atomic mass is 10.1. The fraction of sp³-hybridized carbons (Fsp3) is 0.0714. The second-order valence-electron chi connectivity index (χ2n) is 3.97. The van der Waals surface area contributed by atoms with Crippen LogP contribution in [0.1, 0.15) is 15.9 Å². The first-order valence-electron chi connectivity index (χ1n) is 5.57. The molecule has 2 rings (SSSR count). The smallest absolute Gasteiger partial charge is 0.336 e. The molecule has 0 aliphatic rings. The Morgan fingerprint density at radius 1 is 1.15 bits per heavy atom. The van der Waals surface area contributed by atoms with Crippen molar-refractivity contribution in [3.63, 3.8) is 0 Å². The fourth-order valence-corrected chi connectivity index (χ4v) is 1.77. The van der Waals surface area contributed by atoms with Crippen LogP contribution in [-0.4, -0.2) is 11.1 Å². The second kappa shape index (κ2) is 5.88. The monoisotopic (exact) mass is 298 g/mol. The minimum atomic E-state index is -1.14. The van der Waals surface area contributed by atoms with Crippen LogP contribution in [0.25, 0.3) is 0 Å². The number of hydrogen-bond donors (Lipinski definition) is 1. The van der Waals surface area contributed by atoms with Gasteiger partial charge in [0.2, 0.25) is 0 Å². The number of benzene rings is 2. The number of rotatable bonds is 4. The summed E-state index contributed by atoms with van der Waals surface area (Å²) >= 11 is 5.72. The molecule has 0 unspecified atom stereocenters. The minimum absolute atomic E-state index is 0.0000774. The van der Waals surface area contributed by atoms with Gasteiger partial charge in [-0.25, -0.2) is 13.6 Å². The lowest BCUT2D eigenvalue weighted by molar-refractivity contribution is 0.0694. The summed E-state index contributed by atoms with van der Waals surface area (Å²) in [6, 6.07) is 7.42. The highest BCUT2D eigenvalue weighted by Crippen LogP contribution is 2.20. The van der Waals surface area contributed by atoms with Gasteiger partial charge < -0.3 is 9.84 Å². The standard InChI is InChI=1S/C14H9ClF2O3/c15-9-2-1-8(11(5-9)14(18)19)7-20-10-3-4-12(16)13(17)6-10/h1-6H,7H2,(H,18,19). The molecule has 2 aromatic carbocycles. The van der Waals surface area contributed by atoms with E-state index in [1.165, 1.54) is 24.3 Å². The van der Waals surface area contributed by atoms with Crippen LogP contribution >= 0.6 is 11.6 Å². The third kappa shape index (κ3) is 3.24. The van der Waals surface area contributed by atoms with Gasteiger partial charge in [-0.3, -0.25) is 0 Å². The average Bonchev–Trinajstić information content (AvgIpc) is 2.41. The highest BCUT2D eigenvalue weighted by Gasteiger charge is 2.11. The van der Waals surface area contributed by atoms with Gasteiger partial charge in [0, 0.05) is 16.7 Å². The number of carboxylic acid groups (broad SMARTS) is 1. The zero-order valence-electron chi connectivity index (χ0n) is 10.1. The number of hydrogen-bond acceptors (Lipinski definition) is 2. The highest BCUT2D eigenvalue weighted by molar-refractivity contribution is 6.30. The van der Waals surface area contributed by atoms with E-state index in [0.717, 1.165) is 12.1 Å². The van der Waals surface area contributed by atoms with Crippen LogP contribution in [0.2, 0.25) is 5.02 Å². The van der Waals surface area contributed by atoms with Crippen molar-refractivity contribution in [3.8, 4) is 5.75 Å². The summed E-state index contributed by atoms with van der Waals surface area (Å²) in [5.41, 5.74) is 0.381. The Hall–Kier alpha value is -2.14. The molecular formula is C14H9ClF2O3. The molecule has 104 valence electrons. The number of ether oxygens (including phenoxy) is 1. The third-order valence-corrected chi connectivity index (χ3v) is 2.82.